The molecule has 2 N–H and O–H groups in total. The summed E-state index contributed by atoms with van der Waals surface area (Å²) in [5, 5.41) is 8.70. The molecule has 2 heterocycles. The average Bonchev–Trinajstić information content (AvgIpc) is 2.58. The minimum atomic E-state index is 0.455. The first-order valence-electron chi connectivity index (χ1n) is 3.10. The molecule has 0 atom stereocenters. The Morgan fingerprint density at radius 3 is 2.75 bits per heavy atom. The van der Waals surface area contributed by atoms with Gasteiger partial charge in [-0.3, -0.25) is 0 Å². The van der Waals surface area contributed by atoms with Crippen LogP contribution in [0.5, 0.6) is 0 Å². The molecule has 0 aliphatic carbocycles. The Kier molecular flexibility index (Phi) is 2.01. The number of furan rings is 1. The fourth-order valence-corrected chi connectivity index (χ4v) is 1.75. The lowest BCUT2D eigenvalue weighted by molar-refractivity contribution is 0.551. The van der Waals surface area contributed by atoms with Crippen LogP contribution in [0, 0.1) is 3.77 Å². The minimum Gasteiger partial charge on any atom is -0.448 e. The van der Waals surface area contributed by atoms with Crippen molar-refractivity contribution in [1.29, 1.82) is 0 Å². The number of nitrogens with zero attached hydrogens (tertiary/aromatic N) is 2. The Labute approximate surface area is 85.9 Å². The molecule has 0 saturated heterocycles. The number of halogens is 1. The van der Waals surface area contributed by atoms with Crippen LogP contribution in [0.3, 0.4) is 0 Å². The van der Waals surface area contributed by atoms with Crippen LogP contribution in [-0.4, -0.2) is 10.2 Å². The maximum absolute atomic E-state index is 5.42. The van der Waals surface area contributed by atoms with Crippen LogP contribution in [0.15, 0.2) is 16.5 Å². The Balaban J connectivity index is 2.43. The number of rotatable bonds is 1. The van der Waals surface area contributed by atoms with E-state index in [0.29, 0.717) is 10.9 Å². The van der Waals surface area contributed by atoms with Crippen molar-refractivity contribution in [3.05, 3.63) is 15.9 Å². The zero-order chi connectivity index (χ0) is 8.55. The van der Waals surface area contributed by atoms with Crippen LogP contribution in [0.4, 0.5) is 5.13 Å². The van der Waals surface area contributed by atoms with E-state index in [1.165, 1.54) is 11.3 Å². The van der Waals surface area contributed by atoms with Crippen molar-refractivity contribution >= 4 is 39.1 Å². The number of hydrogen-bond acceptors (Lipinski definition) is 5. The fraction of sp³-hybridized carbons (Fsp3) is 0. The summed E-state index contributed by atoms with van der Waals surface area (Å²) in [6.07, 6.45) is 0. The third kappa shape index (κ3) is 1.44. The molecule has 4 nitrogen and oxygen atoms in total. The van der Waals surface area contributed by atoms with Gasteiger partial charge in [-0.2, -0.15) is 0 Å². The molecule has 2 rings (SSSR count). The molecule has 2 aromatic heterocycles. The maximum atomic E-state index is 5.42. The van der Waals surface area contributed by atoms with Crippen LogP contribution in [-0.2, 0) is 0 Å². The molecule has 0 saturated carbocycles. The quantitative estimate of drug-likeness (QED) is 0.817. The Hall–Kier alpha value is -0.630. The van der Waals surface area contributed by atoms with Gasteiger partial charge in [0.25, 0.3) is 0 Å². The molecule has 62 valence electrons. The molecule has 0 unspecified atom stereocenters. The Morgan fingerprint density at radius 2 is 2.25 bits per heavy atom. The van der Waals surface area contributed by atoms with Gasteiger partial charge in [-0.25, -0.2) is 0 Å². The number of anilines is 1. The van der Waals surface area contributed by atoms with E-state index in [1.54, 1.807) is 0 Å². The lowest BCUT2D eigenvalue weighted by atomic mass is 10.5. The van der Waals surface area contributed by atoms with E-state index in [9.17, 15) is 0 Å². The molecule has 0 bridgehead atoms. The second-order valence-electron chi connectivity index (χ2n) is 2.05. The summed E-state index contributed by atoms with van der Waals surface area (Å²) in [6, 6.07) is 3.72. The zero-order valence-corrected chi connectivity index (χ0v) is 8.79. The van der Waals surface area contributed by atoms with Gasteiger partial charge in [0.15, 0.2) is 14.5 Å². The molecule has 2 aromatic rings. The molecular formula is C6H4IN3OS. The number of nitrogen functional groups attached to an aromatic ring is 1. The molecule has 0 amide bonds. The molecule has 0 radical (unpaired) electrons. The second kappa shape index (κ2) is 3.02. The van der Waals surface area contributed by atoms with Crippen molar-refractivity contribution in [1.82, 2.24) is 10.2 Å². The van der Waals surface area contributed by atoms with Gasteiger partial charge < -0.3 is 10.2 Å². The van der Waals surface area contributed by atoms with Crippen LogP contribution in [0.25, 0.3) is 10.8 Å². The van der Waals surface area contributed by atoms with Gasteiger partial charge in [0, 0.05) is 0 Å². The predicted octanol–water partition coefficient (Wildman–Crippen LogP) is 1.98. The smallest absolute Gasteiger partial charge is 0.203 e. The monoisotopic (exact) mass is 293 g/mol. The van der Waals surface area contributed by atoms with Crippen LogP contribution >= 0.6 is 33.9 Å². The van der Waals surface area contributed by atoms with Gasteiger partial charge in [0.1, 0.15) is 0 Å². The molecule has 0 fully saturated rings. The van der Waals surface area contributed by atoms with Crippen LogP contribution in [0.1, 0.15) is 0 Å². The topological polar surface area (TPSA) is 64.9 Å². The van der Waals surface area contributed by atoms with Crippen molar-refractivity contribution < 1.29 is 4.42 Å². The Morgan fingerprint density at radius 1 is 1.42 bits per heavy atom. The van der Waals surface area contributed by atoms with Gasteiger partial charge >= 0.3 is 0 Å². The number of nitrogens with two attached hydrogens (primary N) is 1. The SMILES string of the molecule is Nc1nnc(-c2ccc(I)o2)s1. The summed E-state index contributed by atoms with van der Waals surface area (Å²) >= 11 is 3.41. The van der Waals surface area contributed by atoms with E-state index in [4.69, 9.17) is 10.2 Å². The third-order valence-corrected chi connectivity index (χ3v) is 2.57. The summed E-state index contributed by atoms with van der Waals surface area (Å²) in [5.41, 5.74) is 5.42. The van der Waals surface area contributed by atoms with Gasteiger partial charge in [0.05, 0.1) is 0 Å². The molecule has 0 aliphatic heterocycles. The summed E-state index contributed by atoms with van der Waals surface area (Å²) in [4.78, 5) is 0. The zero-order valence-electron chi connectivity index (χ0n) is 5.82. The normalized spacial score (nSPS) is 10.4. The first-order valence-corrected chi connectivity index (χ1v) is 5.00. The highest BCUT2D eigenvalue weighted by Crippen LogP contribution is 2.26. The van der Waals surface area contributed by atoms with Crippen molar-refractivity contribution in [2.75, 3.05) is 5.73 Å². The molecule has 6 heteroatoms. The predicted molar refractivity (Wildman–Crippen MR) is 54.7 cm³/mol. The molecular weight excluding hydrogens is 289 g/mol. The summed E-state index contributed by atoms with van der Waals surface area (Å²) in [5.74, 6) is 0.716. The molecule has 0 aromatic carbocycles. The highest BCUT2D eigenvalue weighted by molar-refractivity contribution is 14.1. The van der Waals surface area contributed by atoms with Crippen molar-refractivity contribution in [2.45, 2.75) is 0 Å². The van der Waals surface area contributed by atoms with Gasteiger partial charge in [-0.05, 0) is 34.7 Å². The van der Waals surface area contributed by atoms with Crippen LogP contribution < -0.4 is 5.73 Å². The highest BCUT2D eigenvalue weighted by Gasteiger charge is 2.07. The third-order valence-electron chi connectivity index (χ3n) is 1.22. The Bertz CT molecular complexity index is 359. The van der Waals surface area contributed by atoms with E-state index in [2.05, 4.69) is 32.8 Å². The standard InChI is InChI=1S/C6H4IN3OS/c7-4-2-1-3(11-4)5-9-10-6(8)12-5/h1-2H,(H2,8,10). The largest absolute Gasteiger partial charge is 0.448 e. The first kappa shape index (κ1) is 7.99. The van der Waals surface area contributed by atoms with E-state index >= 15 is 0 Å². The van der Waals surface area contributed by atoms with Crippen molar-refractivity contribution in [2.24, 2.45) is 0 Å². The van der Waals surface area contributed by atoms with Gasteiger partial charge in [-0.1, -0.05) is 11.3 Å². The first-order chi connectivity index (χ1) is 5.75. The maximum Gasteiger partial charge on any atom is 0.203 e. The fourth-order valence-electron chi connectivity index (χ4n) is 0.763. The van der Waals surface area contributed by atoms with E-state index in [0.717, 1.165) is 8.77 Å². The molecule has 0 aliphatic rings. The molecule has 12 heavy (non-hydrogen) atoms. The van der Waals surface area contributed by atoms with E-state index < -0.39 is 0 Å². The lowest BCUT2D eigenvalue weighted by Gasteiger charge is -1.83. The van der Waals surface area contributed by atoms with Crippen molar-refractivity contribution in [3.63, 3.8) is 0 Å². The van der Waals surface area contributed by atoms with Crippen molar-refractivity contribution in [3.8, 4) is 10.8 Å². The summed E-state index contributed by atoms with van der Waals surface area (Å²) in [7, 11) is 0. The van der Waals surface area contributed by atoms with Gasteiger partial charge in [-0.15, -0.1) is 10.2 Å². The summed E-state index contributed by atoms with van der Waals surface area (Å²) < 4.78 is 6.15. The van der Waals surface area contributed by atoms with Gasteiger partial charge in [0.2, 0.25) is 5.13 Å². The van der Waals surface area contributed by atoms with E-state index in [-0.39, 0.29) is 0 Å². The number of hydrogen-bond donors (Lipinski definition) is 1. The number of aromatic nitrogens is 2. The second-order valence-corrected chi connectivity index (χ2v) is 4.12. The minimum absolute atomic E-state index is 0.455. The molecule has 0 spiro atoms. The highest BCUT2D eigenvalue weighted by atomic mass is 127. The average molecular weight is 293 g/mol. The summed E-state index contributed by atoms with van der Waals surface area (Å²) in [6.45, 7) is 0. The van der Waals surface area contributed by atoms with Crippen LogP contribution in [0.2, 0.25) is 0 Å². The van der Waals surface area contributed by atoms with E-state index in [1.807, 2.05) is 12.1 Å². The lowest BCUT2D eigenvalue weighted by Crippen LogP contribution is -1.79.